The second kappa shape index (κ2) is 7.96. The number of fused-ring (bicyclic) bond motifs is 2. The number of pyridine rings is 1. The Morgan fingerprint density at radius 2 is 1.90 bits per heavy atom. The number of hydrogen-bond donors (Lipinski definition) is 2. The minimum Gasteiger partial charge on any atom is -0.399 e. The van der Waals surface area contributed by atoms with Crippen LogP contribution in [-0.2, 0) is 0 Å². The first kappa shape index (κ1) is 19.6. The predicted molar refractivity (Wildman–Crippen MR) is 120 cm³/mol. The zero-order chi connectivity index (χ0) is 21.3. The van der Waals surface area contributed by atoms with Crippen molar-refractivity contribution in [2.45, 2.75) is 0 Å². The molecule has 0 unspecified atom stereocenters. The maximum Gasteiger partial charge on any atom is 0.265 e. The lowest BCUT2D eigenvalue weighted by Gasteiger charge is -2.12. The van der Waals surface area contributed by atoms with E-state index in [1.54, 1.807) is 24.4 Å². The Bertz CT molecular complexity index is 1310. The molecule has 2 aromatic carbocycles. The van der Waals surface area contributed by atoms with Gasteiger partial charge in [-0.2, -0.15) is 0 Å². The number of hydrogen-bond acceptors (Lipinski definition) is 5. The van der Waals surface area contributed by atoms with Crippen molar-refractivity contribution in [3.8, 4) is 11.1 Å². The molecule has 0 saturated heterocycles. The number of carbonyl (C=O) groups is 1. The van der Waals surface area contributed by atoms with Crippen molar-refractivity contribution < 1.29 is 4.79 Å². The zero-order valence-corrected chi connectivity index (χ0v) is 16.9. The summed E-state index contributed by atoms with van der Waals surface area (Å²) in [5.74, 6) is -0.256. The van der Waals surface area contributed by atoms with Gasteiger partial charge < -0.3 is 16.0 Å². The topological polar surface area (TPSA) is 92.7 Å². The molecule has 0 aliphatic rings. The molecule has 3 N–H and O–H groups in total. The maximum atomic E-state index is 13.0. The number of amides is 1. The molecule has 2 heterocycles. The number of aromatic nitrogens is 2. The van der Waals surface area contributed by atoms with E-state index in [2.05, 4.69) is 10.3 Å². The van der Waals surface area contributed by atoms with Gasteiger partial charge in [-0.25, -0.2) is 4.98 Å². The van der Waals surface area contributed by atoms with E-state index in [1.165, 1.54) is 4.40 Å². The van der Waals surface area contributed by atoms with Gasteiger partial charge in [0.15, 0.2) is 5.65 Å². The van der Waals surface area contributed by atoms with E-state index in [1.807, 2.05) is 55.4 Å². The summed E-state index contributed by atoms with van der Waals surface area (Å²) in [6, 6.07) is 16.4. The number of nitrogen functional groups attached to an aromatic ring is 1. The molecule has 30 heavy (non-hydrogen) atoms. The van der Waals surface area contributed by atoms with Gasteiger partial charge in [0, 0.05) is 25.0 Å². The van der Waals surface area contributed by atoms with E-state index in [9.17, 15) is 9.59 Å². The number of rotatable bonds is 5. The standard InChI is InChI=1S/C23H23N5O2/c1-27(2)12-10-25-22(29)19-7-4-11-28-21(19)26-20-14-16(8-9-18(20)23(28)30)15-5-3-6-17(24)13-15/h3-9,11,13-14H,10,12,24H2,1-2H3,(H,25,29). The van der Waals surface area contributed by atoms with Crippen molar-refractivity contribution in [3.05, 3.63) is 76.7 Å². The smallest absolute Gasteiger partial charge is 0.265 e. The first-order valence-electron chi connectivity index (χ1n) is 9.68. The Hall–Kier alpha value is -3.71. The molecule has 0 radical (unpaired) electrons. The Labute approximate surface area is 173 Å². The minimum atomic E-state index is -0.256. The summed E-state index contributed by atoms with van der Waals surface area (Å²) >= 11 is 0. The molecular weight excluding hydrogens is 378 g/mol. The molecule has 0 aliphatic carbocycles. The number of carbonyl (C=O) groups excluding carboxylic acids is 1. The van der Waals surface area contributed by atoms with E-state index in [0.717, 1.165) is 17.7 Å². The van der Waals surface area contributed by atoms with Crippen LogP contribution in [0.4, 0.5) is 5.69 Å². The van der Waals surface area contributed by atoms with Crippen LogP contribution in [-0.4, -0.2) is 47.4 Å². The molecule has 0 spiro atoms. The van der Waals surface area contributed by atoms with E-state index < -0.39 is 0 Å². The van der Waals surface area contributed by atoms with Crippen LogP contribution in [0.1, 0.15) is 10.4 Å². The zero-order valence-electron chi connectivity index (χ0n) is 16.9. The van der Waals surface area contributed by atoms with Crippen molar-refractivity contribution in [1.29, 1.82) is 0 Å². The molecule has 0 bridgehead atoms. The van der Waals surface area contributed by atoms with Crippen LogP contribution < -0.4 is 16.6 Å². The van der Waals surface area contributed by atoms with Gasteiger partial charge in [0.05, 0.1) is 16.5 Å². The van der Waals surface area contributed by atoms with Crippen LogP contribution in [0.3, 0.4) is 0 Å². The number of anilines is 1. The lowest BCUT2D eigenvalue weighted by Crippen LogP contribution is -2.32. The van der Waals surface area contributed by atoms with Crippen LogP contribution in [0.25, 0.3) is 27.7 Å². The van der Waals surface area contributed by atoms with Crippen LogP contribution in [0.2, 0.25) is 0 Å². The Morgan fingerprint density at radius 3 is 2.67 bits per heavy atom. The number of benzene rings is 2. The van der Waals surface area contributed by atoms with E-state index in [4.69, 9.17) is 5.73 Å². The highest BCUT2D eigenvalue weighted by Crippen LogP contribution is 2.24. The lowest BCUT2D eigenvalue weighted by atomic mass is 10.0. The molecule has 0 atom stereocenters. The molecule has 0 saturated carbocycles. The number of nitrogens with one attached hydrogen (secondary N) is 1. The van der Waals surface area contributed by atoms with Gasteiger partial charge >= 0.3 is 0 Å². The normalized spacial score (nSPS) is 11.3. The van der Waals surface area contributed by atoms with Crippen LogP contribution in [0.5, 0.6) is 0 Å². The fraction of sp³-hybridized carbons (Fsp3) is 0.174. The number of likely N-dealkylation sites (N-methyl/N-ethyl adjacent to an activating group) is 1. The molecule has 4 aromatic rings. The van der Waals surface area contributed by atoms with Gasteiger partial charge in [-0.1, -0.05) is 18.2 Å². The van der Waals surface area contributed by atoms with Gasteiger partial charge in [-0.15, -0.1) is 0 Å². The molecular formula is C23H23N5O2. The van der Waals surface area contributed by atoms with E-state index in [-0.39, 0.29) is 11.5 Å². The molecule has 0 aliphatic heterocycles. The van der Waals surface area contributed by atoms with E-state index in [0.29, 0.717) is 34.3 Å². The molecule has 2 aromatic heterocycles. The summed E-state index contributed by atoms with van der Waals surface area (Å²) in [5.41, 5.74) is 9.43. The van der Waals surface area contributed by atoms with Gasteiger partial charge in [-0.3, -0.25) is 14.0 Å². The monoisotopic (exact) mass is 401 g/mol. The third-order valence-electron chi connectivity index (χ3n) is 4.95. The van der Waals surface area contributed by atoms with Gasteiger partial charge in [0.1, 0.15) is 0 Å². The molecule has 152 valence electrons. The number of nitrogens with two attached hydrogens (primary N) is 1. The SMILES string of the molecule is CN(C)CCNC(=O)c1cccn2c(=O)c3ccc(-c4cccc(N)c4)cc3nc12. The van der Waals surface area contributed by atoms with Crippen molar-refractivity contribution in [3.63, 3.8) is 0 Å². The van der Waals surface area contributed by atoms with Crippen molar-refractivity contribution in [1.82, 2.24) is 19.6 Å². The second-order valence-electron chi connectivity index (χ2n) is 7.45. The van der Waals surface area contributed by atoms with Gasteiger partial charge in [0.2, 0.25) is 0 Å². The summed E-state index contributed by atoms with van der Waals surface area (Å²) in [4.78, 5) is 32.4. The maximum absolute atomic E-state index is 13.0. The Balaban J connectivity index is 1.83. The van der Waals surface area contributed by atoms with Crippen molar-refractivity contribution in [2.24, 2.45) is 0 Å². The van der Waals surface area contributed by atoms with Gasteiger partial charge in [0.25, 0.3) is 11.5 Å². The van der Waals surface area contributed by atoms with Crippen molar-refractivity contribution >= 4 is 28.1 Å². The lowest BCUT2D eigenvalue weighted by molar-refractivity contribution is 0.0952. The van der Waals surface area contributed by atoms with Crippen molar-refractivity contribution in [2.75, 3.05) is 32.9 Å². The molecule has 7 nitrogen and oxygen atoms in total. The average Bonchev–Trinajstić information content (AvgIpc) is 2.73. The fourth-order valence-corrected chi connectivity index (χ4v) is 3.39. The first-order valence-corrected chi connectivity index (χ1v) is 9.68. The van der Waals surface area contributed by atoms with E-state index >= 15 is 0 Å². The molecule has 7 heteroatoms. The van der Waals surface area contributed by atoms with Crippen LogP contribution in [0, 0.1) is 0 Å². The van der Waals surface area contributed by atoms with Gasteiger partial charge in [-0.05, 0) is 61.6 Å². The summed E-state index contributed by atoms with van der Waals surface area (Å²) < 4.78 is 1.42. The average molecular weight is 401 g/mol. The van der Waals surface area contributed by atoms with Crippen LogP contribution in [0.15, 0.2) is 65.6 Å². The third-order valence-corrected chi connectivity index (χ3v) is 4.95. The van der Waals surface area contributed by atoms with Crippen LogP contribution >= 0.6 is 0 Å². The molecule has 1 amide bonds. The highest BCUT2D eigenvalue weighted by atomic mass is 16.2. The summed E-state index contributed by atoms with van der Waals surface area (Å²) in [6.45, 7) is 1.22. The second-order valence-corrected chi connectivity index (χ2v) is 7.45. The Morgan fingerprint density at radius 1 is 1.10 bits per heavy atom. The predicted octanol–water partition coefficient (Wildman–Crippen LogP) is 2.39. The fourth-order valence-electron chi connectivity index (χ4n) is 3.39. The number of nitrogens with zero attached hydrogens (tertiary/aromatic N) is 3. The Kier molecular flexibility index (Phi) is 5.20. The minimum absolute atomic E-state index is 0.211. The highest BCUT2D eigenvalue weighted by Gasteiger charge is 2.14. The molecule has 0 fully saturated rings. The summed E-state index contributed by atoms with van der Waals surface area (Å²) in [7, 11) is 3.88. The third kappa shape index (κ3) is 3.75. The largest absolute Gasteiger partial charge is 0.399 e. The quantitative estimate of drug-likeness (QED) is 0.396. The summed E-state index contributed by atoms with van der Waals surface area (Å²) in [6.07, 6.45) is 1.63. The molecule has 4 rings (SSSR count). The first-order chi connectivity index (χ1) is 14.4. The summed E-state index contributed by atoms with van der Waals surface area (Å²) in [5, 5.41) is 3.37. The highest BCUT2D eigenvalue weighted by molar-refractivity contribution is 6.00.